The van der Waals surface area contributed by atoms with Gasteiger partial charge in [-0.25, -0.2) is 15.0 Å². The van der Waals surface area contributed by atoms with E-state index >= 15 is 0 Å². The maximum Gasteiger partial charge on any atom is 0.573 e. The van der Waals surface area contributed by atoms with E-state index in [1.54, 1.807) is 19.1 Å². The van der Waals surface area contributed by atoms with Crippen molar-refractivity contribution >= 4 is 12.6 Å². The lowest BCUT2D eigenvalue weighted by molar-refractivity contribution is -0.274. The molecule has 2 aromatic carbocycles. The van der Waals surface area contributed by atoms with E-state index in [1.807, 2.05) is 20.8 Å². The Bertz CT molecular complexity index is 1390. The molecule has 7 nitrogen and oxygen atoms in total. The number of oxazole rings is 1. The van der Waals surface area contributed by atoms with Crippen LogP contribution < -0.4 is 9.47 Å². The fraction of sp³-hybridized carbons (Fsp3) is 0.269. The number of thiol groups is 1. The van der Waals surface area contributed by atoms with Crippen molar-refractivity contribution in [3.8, 4) is 40.1 Å². The molecular formula is C26H24F3N3O4S. The minimum atomic E-state index is -4.80. The number of benzene rings is 2. The first-order valence-corrected chi connectivity index (χ1v) is 11.8. The number of aromatic nitrogens is 3. The van der Waals surface area contributed by atoms with Gasteiger partial charge in [0.05, 0.1) is 6.10 Å². The summed E-state index contributed by atoms with van der Waals surface area (Å²) >= 11 is 4.73. The smallest absolute Gasteiger partial charge is 0.508 e. The minimum Gasteiger partial charge on any atom is -0.508 e. The maximum absolute atomic E-state index is 12.6. The normalized spacial score (nSPS) is 12.6. The molecule has 0 amide bonds. The summed E-state index contributed by atoms with van der Waals surface area (Å²) in [4.78, 5) is 13.1. The van der Waals surface area contributed by atoms with Crippen molar-refractivity contribution in [2.24, 2.45) is 0 Å². The van der Waals surface area contributed by atoms with Gasteiger partial charge in [-0.05, 0) is 74.7 Å². The molecule has 2 heterocycles. The molecule has 194 valence electrons. The van der Waals surface area contributed by atoms with Gasteiger partial charge in [-0.1, -0.05) is 6.07 Å². The molecule has 0 bridgehead atoms. The molecule has 4 rings (SSSR count). The van der Waals surface area contributed by atoms with E-state index in [-0.39, 0.29) is 29.5 Å². The number of nitrogens with zero attached hydrogens (tertiary/aromatic N) is 3. The van der Waals surface area contributed by atoms with E-state index < -0.39 is 11.6 Å². The van der Waals surface area contributed by atoms with Gasteiger partial charge in [-0.15, -0.1) is 13.2 Å². The summed E-state index contributed by atoms with van der Waals surface area (Å²) in [6, 6.07) is 8.90. The number of alkyl halides is 3. The largest absolute Gasteiger partial charge is 0.573 e. The van der Waals surface area contributed by atoms with Crippen molar-refractivity contribution in [1.29, 1.82) is 0 Å². The lowest BCUT2D eigenvalue weighted by Crippen LogP contribution is -2.16. The molecule has 0 fully saturated rings. The van der Waals surface area contributed by atoms with Crippen LogP contribution in [0, 0.1) is 13.8 Å². The van der Waals surface area contributed by atoms with E-state index in [9.17, 15) is 18.3 Å². The molecule has 4 aromatic rings. The van der Waals surface area contributed by atoms with E-state index in [1.165, 1.54) is 36.7 Å². The summed E-state index contributed by atoms with van der Waals surface area (Å²) in [5.74, 6) is 0.345. The zero-order chi connectivity index (χ0) is 26.9. The molecule has 0 aliphatic rings. The third-order valence-electron chi connectivity index (χ3n) is 5.35. The molecule has 1 N–H and O–H groups in total. The Labute approximate surface area is 216 Å². The molecule has 0 radical (unpaired) electrons. The molecule has 2 aromatic heterocycles. The van der Waals surface area contributed by atoms with Crippen LogP contribution in [0.1, 0.15) is 41.7 Å². The van der Waals surface area contributed by atoms with Gasteiger partial charge in [-0.3, -0.25) is 0 Å². The third-order valence-corrected chi connectivity index (χ3v) is 5.85. The highest BCUT2D eigenvalue weighted by molar-refractivity contribution is 7.80. The van der Waals surface area contributed by atoms with Crippen LogP contribution in [0.15, 0.2) is 53.2 Å². The van der Waals surface area contributed by atoms with Crippen LogP contribution in [-0.2, 0) is 0 Å². The molecule has 0 saturated heterocycles. The SMILES string of the molecule is Cc1cc(C(S)c2nc(-c3cnc(OC(C)C)nc3)c(-c3ccc(OC(F)(F)F)cc3)o2)c(C)cc1O. The first-order chi connectivity index (χ1) is 17.4. The molecule has 1 atom stereocenters. The van der Waals surface area contributed by atoms with Crippen molar-refractivity contribution in [2.75, 3.05) is 0 Å². The zero-order valence-electron chi connectivity index (χ0n) is 20.4. The van der Waals surface area contributed by atoms with Crippen molar-refractivity contribution in [3.63, 3.8) is 0 Å². The molecule has 0 saturated carbocycles. The van der Waals surface area contributed by atoms with Gasteiger partial charge < -0.3 is 19.0 Å². The predicted octanol–water partition coefficient (Wildman–Crippen LogP) is 6.83. The quantitative estimate of drug-likeness (QED) is 0.253. The van der Waals surface area contributed by atoms with Crippen LogP contribution in [-0.4, -0.2) is 32.5 Å². The first-order valence-electron chi connectivity index (χ1n) is 11.3. The Morgan fingerprint density at radius 1 is 0.973 bits per heavy atom. The summed E-state index contributed by atoms with van der Waals surface area (Å²) in [6.07, 6.45) is -1.86. The Hall–Kier alpha value is -3.73. The fourth-order valence-electron chi connectivity index (χ4n) is 3.61. The number of halogens is 3. The Balaban J connectivity index is 1.78. The van der Waals surface area contributed by atoms with E-state index in [4.69, 9.17) is 21.8 Å². The van der Waals surface area contributed by atoms with Gasteiger partial charge in [0.1, 0.15) is 22.4 Å². The topological polar surface area (TPSA) is 90.5 Å². The second-order valence-electron chi connectivity index (χ2n) is 8.62. The Kier molecular flexibility index (Phi) is 7.35. The molecular weight excluding hydrogens is 507 g/mol. The van der Waals surface area contributed by atoms with Crippen LogP contribution >= 0.6 is 12.6 Å². The minimum absolute atomic E-state index is 0.112. The van der Waals surface area contributed by atoms with E-state index in [0.717, 1.165) is 11.1 Å². The highest BCUT2D eigenvalue weighted by Gasteiger charge is 2.31. The second-order valence-corrected chi connectivity index (χ2v) is 9.14. The van der Waals surface area contributed by atoms with Crippen LogP contribution in [0.4, 0.5) is 13.2 Å². The van der Waals surface area contributed by atoms with Crippen molar-refractivity contribution in [2.45, 2.75) is 45.4 Å². The first kappa shape index (κ1) is 26.3. The summed E-state index contributed by atoms with van der Waals surface area (Å²) in [5.41, 5.74) is 3.59. The number of hydrogen-bond donors (Lipinski definition) is 2. The third kappa shape index (κ3) is 6.16. The van der Waals surface area contributed by atoms with E-state index in [0.29, 0.717) is 28.1 Å². The van der Waals surface area contributed by atoms with Crippen molar-refractivity contribution in [1.82, 2.24) is 15.0 Å². The van der Waals surface area contributed by atoms with Crippen LogP contribution in [0.2, 0.25) is 0 Å². The summed E-state index contributed by atoms with van der Waals surface area (Å²) in [6.45, 7) is 7.31. The molecule has 0 spiro atoms. The van der Waals surface area contributed by atoms with Crippen molar-refractivity contribution in [3.05, 3.63) is 71.4 Å². The summed E-state index contributed by atoms with van der Waals surface area (Å²) < 4.78 is 53.4. The molecule has 11 heteroatoms. The monoisotopic (exact) mass is 531 g/mol. The summed E-state index contributed by atoms with van der Waals surface area (Å²) in [5, 5.41) is 9.43. The number of phenols is 1. The maximum atomic E-state index is 12.6. The average Bonchev–Trinajstić information content (AvgIpc) is 3.26. The number of phenolic OH excluding ortho intramolecular Hbond substituents is 1. The lowest BCUT2D eigenvalue weighted by atomic mass is 10.0. The lowest BCUT2D eigenvalue weighted by Gasteiger charge is -2.13. The highest BCUT2D eigenvalue weighted by atomic mass is 32.1. The molecule has 0 aliphatic carbocycles. The van der Waals surface area contributed by atoms with Gasteiger partial charge in [0, 0.05) is 23.5 Å². The highest BCUT2D eigenvalue weighted by Crippen LogP contribution is 2.40. The van der Waals surface area contributed by atoms with E-state index in [2.05, 4.69) is 19.7 Å². The average molecular weight is 532 g/mol. The second kappa shape index (κ2) is 10.3. The zero-order valence-corrected chi connectivity index (χ0v) is 21.3. The molecule has 37 heavy (non-hydrogen) atoms. The van der Waals surface area contributed by atoms with Crippen LogP contribution in [0.25, 0.3) is 22.6 Å². The number of aromatic hydroxyl groups is 1. The fourth-order valence-corrected chi connectivity index (χ4v) is 4.00. The standard InChI is InChI=1S/C26H24F3N3O4S/c1-13(2)34-25-30-11-17(12-31-25)21-22(16-5-7-18(8-6-16)36-26(27,28)29)35-24(32-21)23(37)19-9-15(4)20(33)10-14(19)3/h5-13,23,33,37H,1-4H3. The number of hydrogen-bond acceptors (Lipinski definition) is 8. The van der Waals surface area contributed by atoms with Gasteiger partial charge >= 0.3 is 12.4 Å². The van der Waals surface area contributed by atoms with Crippen LogP contribution in [0.3, 0.4) is 0 Å². The van der Waals surface area contributed by atoms with Gasteiger partial charge in [0.25, 0.3) is 0 Å². The number of rotatable bonds is 7. The summed E-state index contributed by atoms with van der Waals surface area (Å²) in [7, 11) is 0. The van der Waals surface area contributed by atoms with Crippen molar-refractivity contribution < 1.29 is 32.2 Å². The van der Waals surface area contributed by atoms with Gasteiger partial charge in [0.2, 0.25) is 5.89 Å². The molecule has 1 unspecified atom stereocenters. The Morgan fingerprint density at radius 2 is 1.62 bits per heavy atom. The van der Waals surface area contributed by atoms with Gasteiger partial charge in [0.15, 0.2) is 5.76 Å². The Morgan fingerprint density at radius 3 is 2.22 bits per heavy atom. The number of aryl methyl sites for hydroxylation is 2. The van der Waals surface area contributed by atoms with Crippen LogP contribution in [0.5, 0.6) is 17.5 Å². The number of ether oxygens (including phenoxy) is 2. The molecule has 0 aliphatic heterocycles. The van der Waals surface area contributed by atoms with Gasteiger partial charge in [-0.2, -0.15) is 12.6 Å². The predicted molar refractivity (Wildman–Crippen MR) is 134 cm³/mol.